The lowest BCUT2D eigenvalue weighted by atomic mass is 9.96. The van der Waals surface area contributed by atoms with Gasteiger partial charge in [0.05, 0.1) is 5.56 Å². The molecule has 0 spiro atoms. The second-order valence-corrected chi connectivity index (χ2v) is 10.2. The Bertz CT molecular complexity index is 1490. The number of rotatable bonds is 5. The Balaban J connectivity index is 1.66. The minimum Gasteiger partial charge on any atom is -0.437 e. The third kappa shape index (κ3) is 4.00. The van der Waals surface area contributed by atoms with E-state index >= 15 is 0 Å². The molecule has 3 nitrogen and oxygen atoms in total. The Morgan fingerprint density at radius 1 is 0.853 bits per heavy atom. The minimum absolute atomic E-state index is 0.361. The SMILES string of the molecule is Cc1ccc2c(oc3nc(C(C)C)ccc32)c1-c1cc(-c2ccc(CC(C)C)cc2)cc[n+]1C. The quantitative estimate of drug-likeness (QED) is 0.257. The Morgan fingerprint density at radius 2 is 1.59 bits per heavy atom. The van der Waals surface area contributed by atoms with Gasteiger partial charge < -0.3 is 4.42 Å². The van der Waals surface area contributed by atoms with E-state index in [0.717, 1.165) is 39.7 Å². The Kier molecular flexibility index (Phi) is 5.73. The summed E-state index contributed by atoms with van der Waals surface area (Å²) in [5, 5.41) is 2.18. The van der Waals surface area contributed by atoms with E-state index in [2.05, 4.69) is 113 Å². The zero-order chi connectivity index (χ0) is 24.0. The fourth-order valence-electron chi connectivity index (χ4n) is 4.78. The van der Waals surface area contributed by atoms with E-state index in [1.807, 2.05) is 0 Å². The average Bonchev–Trinajstić information content (AvgIpc) is 3.17. The minimum atomic E-state index is 0.361. The summed E-state index contributed by atoms with van der Waals surface area (Å²) < 4.78 is 8.62. The number of benzene rings is 2. The van der Waals surface area contributed by atoms with Gasteiger partial charge in [-0.15, -0.1) is 0 Å². The van der Waals surface area contributed by atoms with Crippen LogP contribution in [0.25, 0.3) is 44.5 Å². The molecule has 0 N–H and O–H groups in total. The second-order valence-electron chi connectivity index (χ2n) is 10.2. The number of pyridine rings is 2. The number of fused-ring (bicyclic) bond motifs is 3. The predicted octanol–water partition coefficient (Wildman–Crippen LogP) is 7.77. The Hall–Kier alpha value is -3.46. The van der Waals surface area contributed by atoms with Crippen LogP contribution in [-0.4, -0.2) is 4.98 Å². The van der Waals surface area contributed by atoms with Gasteiger partial charge in [-0.25, -0.2) is 9.55 Å². The summed E-state index contributed by atoms with van der Waals surface area (Å²) in [7, 11) is 2.10. The molecule has 0 saturated carbocycles. The van der Waals surface area contributed by atoms with Gasteiger partial charge in [-0.1, -0.05) is 64.1 Å². The molecule has 0 atom stereocenters. The Morgan fingerprint density at radius 3 is 2.29 bits per heavy atom. The fourth-order valence-corrected chi connectivity index (χ4v) is 4.78. The van der Waals surface area contributed by atoms with Crippen LogP contribution < -0.4 is 4.57 Å². The first kappa shape index (κ1) is 22.3. The van der Waals surface area contributed by atoms with Crippen molar-refractivity contribution in [1.82, 2.24) is 4.98 Å². The zero-order valence-corrected chi connectivity index (χ0v) is 21.0. The molecule has 172 valence electrons. The number of aryl methyl sites for hydroxylation is 2. The third-order valence-electron chi connectivity index (χ3n) is 6.67. The van der Waals surface area contributed by atoms with Crippen LogP contribution in [0.15, 0.2) is 71.3 Å². The largest absolute Gasteiger partial charge is 0.437 e. The van der Waals surface area contributed by atoms with Gasteiger partial charge in [-0.2, -0.15) is 0 Å². The van der Waals surface area contributed by atoms with E-state index < -0.39 is 0 Å². The summed E-state index contributed by atoms with van der Waals surface area (Å²) in [5.74, 6) is 1.02. The summed E-state index contributed by atoms with van der Waals surface area (Å²) >= 11 is 0. The van der Waals surface area contributed by atoms with Crippen molar-refractivity contribution in [2.75, 3.05) is 0 Å². The molecule has 3 aromatic heterocycles. The van der Waals surface area contributed by atoms with Gasteiger partial charge in [0.25, 0.3) is 0 Å². The van der Waals surface area contributed by atoms with Gasteiger partial charge in [0.2, 0.25) is 11.4 Å². The molecule has 5 rings (SSSR count). The second kappa shape index (κ2) is 8.72. The van der Waals surface area contributed by atoms with Gasteiger partial charge in [-0.05, 0) is 59.6 Å². The van der Waals surface area contributed by atoms with Crippen molar-refractivity contribution in [3.8, 4) is 22.4 Å². The summed E-state index contributed by atoms with van der Waals surface area (Å²) in [5.41, 5.74) is 9.95. The molecule has 3 heteroatoms. The number of aromatic nitrogens is 2. The lowest BCUT2D eigenvalue weighted by molar-refractivity contribution is -0.660. The van der Waals surface area contributed by atoms with E-state index in [1.54, 1.807) is 0 Å². The van der Waals surface area contributed by atoms with Gasteiger partial charge in [0.15, 0.2) is 11.8 Å². The number of furan rings is 1. The van der Waals surface area contributed by atoms with Gasteiger partial charge in [0.1, 0.15) is 7.05 Å². The molecule has 0 amide bonds. The topological polar surface area (TPSA) is 29.9 Å². The van der Waals surface area contributed by atoms with Crippen LogP contribution >= 0.6 is 0 Å². The van der Waals surface area contributed by atoms with E-state index in [-0.39, 0.29) is 0 Å². The molecular formula is C31H33N2O+. The standard InChI is InChI=1S/C31H33N2O/c1-19(2)17-22-8-10-23(11-9-22)24-15-16-33(6)28(18-24)29-21(5)7-12-25-26-13-14-27(20(3)4)32-31(26)34-30(25)29/h7-16,18-20H,17H2,1-6H3/q+1. The maximum Gasteiger partial charge on any atom is 0.227 e. The molecule has 0 aliphatic rings. The lowest BCUT2D eigenvalue weighted by Crippen LogP contribution is -2.30. The molecule has 0 aliphatic carbocycles. The molecule has 5 aromatic rings. The van der Waals surface area contributed by atoms with Crippen LogP contribution in [0.1, 0.15) is 50.4 Å². The molecule has 0 saturated heterocycles. The first-order valence-electron chi connectivity index (χ1n) is 12.2. The van der Waals surface area contributed by atoms with Crippen LogP contribution in [0.4, 0.5) is 0 Å². The first-order chi connectivity index (χ1) is 16.3. The van der Waals surface area contributed by atoms with Crippen LogP contribution in [0, 0.1) is 12.8 Å². The maximum atomic E-state index is 6.44. The van der Waals surface area contributed by atoms with Crippen molar-refractivity contribution in [3.63, 3.8) is 0 Å². The van der Waals surface area contributed by atoms with Crippen molar-refractivity contribution in [1.29, 1.82) is 0 Å². The van der Waals surface area contributed by atoms with Crippen molar-refractivity contribution in [2.45, 2.75) is 47.0 Å². The molecule has 2 aromatic carbocycles. The van der Waals surface area contributed by atoms with Crippen LogP contribution in [0.5, 0.6) is 0 Å². The monoisotopic (exact) mass is 449 g/mol. The van der Waals surface area contributed by atoms with E-state index in [0.29, 0.717) is 17.5 Å². The van der Waals surface area contributed by atoms with Crippen LogP contribution in [-0.2, 0) is 13.5 Å². The average molecular weight is 450 g/mol. The molecule has 0 fully saturated rings. The van der Waals surface area contributed by atoms with Crippen molar-refractivity contribution < 1.29 is 8.98 Å². The smallest absolute Gasteiger partial charge is 0.227 e. The fraction of sp³-hybridized carbons (Fsp3) is 0.290. The molecule has 0 radical (unpaired) electrons. The van der Waals surface area contributed by atoms with Crippen molar-refractivity contribution in [3.05, 3.63) is 83.7 Å². The Labute approximate surface area is 202 Å². The maximum absolute atomic E-state index is 6.44. The van der Waals surface area contributed by atoms with Gasteiger partial charge in [-0.3, -0.25) is 0 Å². The molecular weight excluding hydrogens is 416 g/mol. The zero-order valence-electron chi connectivity index (χ0n) is 21.0. The van der Waals surface area contributed by atoms with Gasteiger partial charge in [0, 0.05) is 28.6 Å². The number of nitrogens with zero attached hydrogens (tertiary/aromatic N) is 2. The van der Waals surface area contributed by atoms with Crippen LogP contribution in [0.3, 0.4) is 0 Å². The van der Waals surface area contributed by atoms with Crippen molar-refractivity contribution in [2.24, 2.45) is 13.0 Å². The molecule has 0 aliphatic heterocycles. The van der Waals surface area contributed by atoms with E-state index in [4.69, 9.17) is 9.40 Å². The predicted molar refractivity (Wildman–Crippen MR) is 141 cm³/mol. The molecule has 0 bridgehead atoms. The lowest BCUT2D eigenvalue weighted by Gasteiger charge is -2.09. The highest BCUT2D eigenvalue weighted by atomic mass is 16.3. The molecule has 34 heavy (non-hydrogen) atoms. The summed E-state index contributed by atoms with van der Waals surface area (Å²) in [4.78, 5) is 4.82. The summed E-state index contributed by atoms with van der Waals surface area (Å²) in [6.45, 7) is 11.0. The third-order valence-corrected chi connectivity index (χ3v) is 6.67. The number of hydrogen-bond acceptors (Lipinski definition) is 2. The highest BCUT2D eigenvalue weighted by molar-refractivity contribution is 6.08. The summed E-state index contributed by atoms with van der Waals surface area (Å²) in [6, 6.07) is 22.1. The molecule has 0 unspecified atom stereocenters. The molecule has 3 heterocycles. The van der Waals surface area contributed by atoms with E-state index in [1.165, 1.54) is 22.3 Å². The van der Waals surface area contributed by atoms with Gasteiger partial charge >= 0.3 is 0 Å². The highest BCUT2D eigenvalue weighted by Gasteiger charge is 2.22. The normalized spacial score (nSPS) is 11.9. The van der Waals surface area contributed by atoms with Crippen molar-refractivity contribution >= 4 is 22.1 Å². The first-order valence-corrected chi connectivity index (χ1v) is 12.2. The highest BCUT2D eigenvalue weighted by Crippen LogP contribution is 2.37. The van der Waals surface area contributed by atoms with Crippen LogP contribution in [0.2, 0.25) is 0 Å². The van der Waals surface area contributed by atoms with E-state index in [9.17, 15) is 0 Å². The summed E-state index contributed by atoms with van der Waals surface area (Å²) in [6.07, 6.45) is 3.25. The number of hydrogen-bond donors (Lipinski definition) is 0.